The highest BCUT2D eigenvalue weighted by Crippen LogP contribution is 2.16. The van der Waals surface area contributed by atoms with Crippen LogP contribution in [0.1, 0.15) is 11.3 Å². The van der Waals surface area contributed by atoms with Crippen LogP contribution in [-0.4, -0.2) is 15.3 Å². The van der Waals surface area contributed by atoms with Crippen molar-refractivity contribution in [1.82, 2.24) is 9.36 Å². The van der Waals surface area contributed by atoms with Crippen molar-refractivity contribution in [2.45, 2.75) is 6.92 Å². The maximum absolute atomic E-state index is 12.9. The third-order valence-electron chi connectivity index (χ3n) is 4.34. The second kappa shape index (κ2) is 8.11. The molecule has 0 aliphatic rings. The smallest absolute Gasteiger partial charge is 0.295 e. The number of nitrogens with zero attached hydrogens (tertiary/aromatic N) is 3. The molecule has 1 heterocycles. The third kappa shape index (κ3) is 3.82. The minimum atomic E-state index is -0.628. The first kappa shape index (κ1) is 19.4. The lowest BCUT2D eigenvalue weighted by Gasteiger charge is -2.07. The molecule has 1 N–H and O–H groups in total. The fraction of sp³-hybridized carbons (Fsp3) is 0.0952. The Bertz CT molecular complexity index is 1150. The van der Waals surface area contributed by atoms with Gasteiger partial charge in [-0.1, -0.05) is 46.3 Å². The van der Waals surface area contributed by atoms with Gasteiger partial charge < -0.3 is 5.32 Å². The Kier molecular flexibility index (Phi) is 5.62. The third-order valence-corrected chi connectivity index (χ3v) is 4.87. The van der Waals surface area contributed by atoms with Crippen LogP contribution in [0.3, 0.4) is 0 Å². The molecule has 0 saturated heterocycles. The number of halogens is 1. The van der Waals surface area contributed by atoms with E-state index >= 15 is 0 Å². The van der Waals surface area contributed by atoms with Crippen LogP contribution in [0.5, 0.6) is 0 Å². The Morgan fingerprint density at radius 3 is 2.39 bits per heavy atom. The van der Waals surface area contributed by atoms with Gasteiger partial charge in [0.05, 0.1) is 11.4 Å². The molecule has 1 aromatic heterocycles. The maximum Gasteiger partial charge on any atom is 0.295 e. The molecule has 0 aliphatic carbocycles. The highest BCUT2D eigenvalue weighted by Gasteiger charge is 2.19. The summed E-state index contributed by atoms with van der Waals surface area (Å²) in [6.07, 6.45) is 1.48. The quantitative estimate of drug-likeness (QED) is 0.498. The number of benzene rings is 2. The molecule has 3 aromatic rings. The van der Waals surface area contributed by atoms with Gasteiger partial charge in [0.15, 0.2) is 0 Å². The molecular formula is C21H17BrN4O2. The van der Waals surface area contributed by atoms with Gasteiger partial charge in [0.1, 0.15) is 17.3 Å². The van der Waals surface area contributed by atoms with Crippen LogP contribution in [0.4, 0.5) is 5.69 Å². The summed E-state index contributed by atoms with van der Waals surface area (Å²) in [5.41, 5.74) is 1.68. The first-order valence-corrected chi connectivity index (χ1v) is 9.24. The summed E-state index contributed by atoms with van der Waals surface area (Å²) in [5.74, 6) is -0.628. The van der Waals surface area contributed by atoms with E-state index in [-0.39, 0.29) is 16.8 Å². The van der Waals surface area contributed by atoms with E-state index in [1.807, 2.05) is 36.4 Å². The summed E-state index contributed by atoms with van der Waals surface area (Å²) in [6.45, 7) is 1.74. The fourth-order valence-corrected chi connectivity index (χ4v) is 3.03. The van der Waals surface area contributed by atoms with Crippen molar-refractivity contribution in [1.29, 1.82) is 5.26 Å². The van der Waals surface area contributed by atoms with Gasteiger partial charge in [-0.05, 0) is 42.8 Å². The number of hydrogen-bond donors (Lipinski definition) is 1. The maximum atomic E-state index is 12.9. The van der Waals surface area contributed by atoms with Crippen LogP contribution in [0.15, 0.2) is 69.4 Å². The number of anilines is 1. The fourth-order valence-electron chi connectivity index (χ4n) is 2.77. The zero-order chi connectivity index (χ0) is 20.3. The monoisotopic (exact) mass is 436 g/mol. The number of nitrogens with one attached hydrogen (secondary N) is 1. The van der Waals surface area contributed by atoms with E-state index in [4.69, 9.17) is 0 Å². The van der Waals surface area contributed by atoms with E-state index < -0.39 is 5.91 Å². The topological polar surface area (TPSA) is 79.8 Å². The lowest BCUT2D eigenvalue weighted by Crippen LogP contribution is -2.23. The van der Waals surface area contributed by atoms with Crippen molar-refractivity contribution >= 4 is 33.6 Å². The van der Waals surface area contributed by atoms with Gasteiger partial charge in [-0.25, -0.2) is 4.68 Å². The molecule has 0 aliphatic heterocycles. The van der Waals surface area contributed by atoms with Crippen LogP contribution < -0.4 is 10.9 Å². The number of carbonyl (C=O) groups excluding carboxylic acids is 1. The van der Waals surface area contributed by atoms with Crippen molar-refractivity contribution in [3.8, 4) is 11.8 Å². The molecule has 7 heteroatoms. The molecule has 3 rings (SSSR count). The standard InChI is InChI=1S/C21H17BrN4O2/c1-14-19(21(28)26(25(14)2)18-6-4-3-5-7-18)24-20(27)16(13-23)12-15-8-10-17(22)11-9-15/h3-12H,1-2H3,(H,24,27). The zero-order valence-electron chi connectivity index (χ0n) is 15.3. The van der Waals surface area contributed by atoms with Crippen LogP contribution >= 0.6 is 15.9 Å². The predicted molar refractivity (Wildman–Crippen MR) is 112 cm³/mol. The van der Waals surface area contributed by atoms with Crippen molar-refractivity contribution in [2.75, 3.05) is 5.32 Å². The Morgan fingerprint density at radius 2 is 1.79 bits per heavy atom. The number of rotatable bonds is 4. The predicted octanol–water partition coefficient (Wildman–Crippen LogP) is 3.79. The van der Waals surface area contributed by atoms with E-state index in [1.54, 1.807) is 42.9 Å². The largest absolute Gasteiger partial charge is 0.315 e. The van der Waals surface area contributed by atoms with Crippen LogP contribution in [0, 0.1) is 18.3 Å². The number of hydrogen-bond acceptors (Lipinski definition) is 3. The lowest BCUT2D eigenvalue weighted by atomic mass is 10.1. The summed E-state index contributed by atoms with van der Waals surface area (Å²) in [4.78, 5) is 25.5. The Hall–Kier alpha value is -3.37. The van der Waals surface area contributed by atoms with Gasteiger partial charge in [-0.2, -0.15) is 5.26 Å². The van der Waals surface area contributed by atoms with Crippen LogP contribution in [0.2, 0.25) is 0 Å². The van der Waals surface area contributed by atoms with Crippen molar-refractivity contribution in [2.24, 2.45) is 7.05 Å². The van der Waals surface area contributed by atoms with E-state index in [0.717, 1.165) is 4.47 Å². The van der Waals surface area contributed by atoms with Gasteiger partial charge in [-0.3, -0.25) is 14.3 Å². The minimum absolute atomic E-state index is 0.0868. The van der Waals surface area contributed by atoms with Gasteiger partial charge in [0.2, 0.25) is 0 Å². The van der Waals surface area contributed by atoms with Crippen molar-refractivity contribution < 1.29 is 4.79 Å². The number of aromatic nitrogens is 2. The molecule has 0 atom stereocenters. The van der Waals surface area contributed by atoms with Crippen molar-refractivity contribution in [3.63, 3.8) is 0 Å². The van der Waals surface area contributed by atoms with Gasteiger partial charge in [0, 0.05) is 11.5 Å². The summed E-state index contributed by atoms with van der Waals surface area (Å²) in [5, 5.41) is 12.0. The van der Waals surface area contributed by atoms with E-state index in [9.17, 15) is 14.9 Å². The molecule has 6 nitrogen and oxygen atoms in total. The highest BCUT2D eigenvalue weighted by atomic mass is 79.9. The zero-order valence-corrected chi connectivity index (χ0v) is 16.9. The second-order valence-electron chi connectivity index (χ2n) is 6.11. The molecule has 2 aromatic carbocycles. The number of amides is 1. The molecule has 0 spiro atoms. The Balaban J connectivity index is 1.95. The number of para-hydroxylation sites is 1. The minimum Gasteiger partial charge on any atom is -0.315 e. The van der Waals surface area contributed by atoms with Crippen LogP contribution in [-0.2, 0) is 11.8 Å². The normalized spacial score (nSPS) is 11.1. The summed E-state index contributed by atoms with van der Waals surface area (Å²) in [6, 6.07) is 18.2. The molecule has 1 amide bonds. The molecule has 0 radical (unpaired) electrons. The van der Waals surface area contributed by atoms with Crippen molar-refractivity contribution in [3.05, 3.63) is 86.3 Å². The molecule has 0 bridgehead atoms. The lowest BCUT2D eigenvalue weighted by molar-refractivity contribution is -0.112. The van der Waals surface area contributed by atoms with Gasteiger partial charge >= 0.3 is 0 Å². The Labute approximate surface area is 170 Å². The molecule has 0 saturated carbocycles. The van der Waals surface area contributed by atoms with E-state index in [1.165, 1.54) is 10.8 Å². The Morgan fingerprint density at radius 1 is 1.14 bits per heavy atom. The number of carbonyl (C=O) groups is 1. The van der Waals surface area contributed by atoms with Gasteiger partial charge in [0.25, 0.3) is 11.5 Å². The van der Waals surface area contributed by atoms with Gasteiger partial charge in [-0.15, -0.1) is 0 Å². The first-order valence-electron chi connectivity index (χ1n) is 8.45. The molecule has 140 valence electrons. The number of nitriles is 1. The highest BCUT2D eigenvalue weighted by molar-refractivity contribution is 9.10. The molecular weight excluding hydrogens is 420 g/mol. The first-order chi connectivity index (χ1) is 13.4. The SMILES string of the molecule is Cc1c(NC(=O)C(C#N)=Cc2ccc(Br)cc2)c(=O)n(-c2ccccc2)n1C. The molecule has 0 unspecified atom stereocenters. The average molecular weight is 437 g/mol. The average Bonchev–Trinajstić information content (AvgIpc) is 2.91. The van der Waals surface area contributed by atoms with E-state index in [0.29, 0.717) is 16.9 Å². The van der Waals surface area contributed by atoms with E-state index in [2.05, 4.69) is 21.2 Å². The molecule has 28 heavy (non-hydrogen) atoms. The summed E-state index contributed by atoms with van der Waals surface area (Å²) >= 11 is 3.34. The summed E-state index contributed by atoms with van der Waals surface area (Å²) in [7, 11) is 1.74. The molecule has 0 fully saturated rings. The summed E-state index contributed by atoms with van der Waals surface area (Å²) < 4.78 is 4.03. The van der Waals surface area contributed by atoms with Crippen LogP contribution in [0.25, 0.3) is 11.8 Å². The second-order valence-corrected chi connectivity index (χ2v) is 7.03.